The van der Waals surface area contributed by atoms with Crippen molar-refractivity contribution in [1.29, 1.82) is 5.26 Å². The smallest absolute Gasteiger partial charge is 0.245 e. The third-order valence-electron chi connectivity index (χ3n) is 4.39. The molecule has 1 aliphatic carbocycles. The zero-order chi connectivity index (χ0) is 15.4. The maximum Gasteiger partial charge on any atom is 0.245 e. The average Bonchev–Trinajstić information content (AvgIpc) is 3.04. The predicted octanol–water partition coefficient (Wildman–Crippen LogP) is 1.88. The first-order chi connectivity index (χ1) is 10.8. The molecule has 3 rings (SSSR count). The van der Waals surface area contributed by atoms with Crippen LogP contribution in [0.4, 0.5) is 5.13 Å². The molecule has 0 radical (unpaired) electrons. The standard InChI is InChI=1S/C15H21N5OS/c16-10-20-7-6-17-12(9-20)14(21)19-15-18-8-13(22-15)11-4-2-1-3-5-11/h8,11-12,17H,1-7,9H2,(H,18,19,21)/t12-/m0/s1. The van der Waals surface area contributed by atoms with Crippen LogP contribution < -0.4 is 10.6 Å². The highest BCUT2D eigenvalue weighted by molar-refractivity contribution is 7.15. The number of rotatable bonds is 3. The number of nitrogens with zero attached hydrogens (tertiary/aromatic N) is 3. The molecule has 1 saturated carbocycles. The van der Waals surface area contributed by atoms with Crippen molar-refractivity contribution in [2.45, 2.75) is 44.1 Å². The van der Waals surface area contributed by atoms with Gasteiger partial charge >= 0.3 is 0 Å². The minimum absolute atomic E-state index is 0.107. The van der Waals surface area contributed by atoms with Gasteiger partial charge in [-0.2, -0.15) is 5.26 Å². The van der Waals surface area contributed by atoms with Gasteiger partial charge in [-0.15, -0.1) is 11.3 Å². The summed E-state index contributed by atoms with van der Waals surface area (Å²) in [4.78, 5) is 19.5. The van der Waals surface area contributed by atoms with Gasteiger partial charge in [-0.05, 0) is 18.8 Å². The van der Waals surface area contributed by atoms with Gasteiger partial charge in [0, 0.05) is 24.2 Å². The largest absolute Gasteiger partial charge is 0.307 e. The molecule has 2 N–H and O–H groups in total. The van der Waals surface area contributed by atoms with E-state index >= 15 is 0 Å². The van der Waals surface area contributed by atoms with E-state index in [4.69, 9.17) is 5.26 Å². The molecule has 2 fully saturated rings. The molecule has 1 aromatic rings. The monoisotopic (exact) mass is 319 g/mol. The first-order valence-electron chi connectivity index (χ1n) is 7.91. The molecular weight excluding hydrogens is 298 g/mol. The highest BCUT2D eigenvalue weighted by Gasteiger charge is 2.26. The lowest BCUT2D eigenvalue weighted by Gasteiger charge is -2.28. The number of carbonyl (C=O) groups excluding carboxylic acids is 1. The van der Waals surface area contributed by atoms with E-state index in [-0.39, 0.29) is 11.9 Å². The molecular formula is C15H21N5OS. The molecule has 22 heavy (non-hydrogen) atoms. The van der Waals surface area contributed by atoms with Crippen LogP contribution in [0.3, 0.4) is 0 Å². The summed E-state index contributed by atoms with van der Waals surface area (Å²) >= 11 is 1.59. The van der Waals surface area contributed by atoms with Crippen LogP contribution in [0.5, 0.6) is 0 Å². The van der Waals surface area contributed by atoms with Crippen molar-refractivity contribution >= 4 is 22.4 Å². The lowest BCUT2D eigenvalue weighted by molar-refractivity contribution is -0.118. The van der Waals surface area contributed by atoms with E-state index < -0.39 is 0 Å². The minimum Gasteiger partial charge on any atom is -0.307 e. The van der Waals surface area contributed by atoms with Gasteiger partial charge in [-0.3, -0.25) is 4.79 Å². The molecule has 2 aliphatic rings. The molecule has 1 aromatic heterocycles. The number of aromatic nitrogens is 1. The Morgan fingerprint density at radius 2 is 2.27 bits per heavy atom. The molecule has 2 heterocycles. The van der Waals surface area contributed by atoms with Crippen LogP contribution in [0, 0.1) is 11.5 Å². The number of hydrogen-bond donors (Lipinski definition) is 2. The number of nitriles is 1. The second-order valence-electron chi connectivity index (χ2n) is 5.94. The summed E-state index contributed by atoms with van der Waals surface area (Å²) in [6.07, 6.45) is 10.4. The van der Waals surface area contributed by atoms with Gasteiger partial charge in [0.05, 0.1) is 6.54 Å². The Balaban J connectivity index is 1.57. The lowest BCUT2D eigenvalue weighted by atomic mass is 9.89. The average molecular weight is 319 g/mol. The maximum absolute atomic E-state index is 12.3. The van der Waals surface area contributed by atoms with Gasteiger partial charge in [0.15, 0.2) is 11.3 Å². The Labute approximate surface area is 134 Å². The SMILES string of the molecule is N#CN1CCN[C@H](C(=O)Nc2ncc(C3CCCCC3)s2)C1. The summed E-state index contributed by atoms with van der Waals surface area (Å²) in [7, 11) is 0. The first kappa shape index (κ1) is 15.3. The summed E-state index contributed by atoms with van der Waals surface area (Å²) in [5.74, 6) is 0.503. The summed E-state index contributed by atoms with van der Waals surface area (Å²) in [6.45, 7) is 1.73. The zero-order valence-corrected chi connectivity index (χ0v) is 13.4. The van der Waals surface area contributed by atoms with Crippen LogP contribution in [-0.2, 0) is 4.79 Å². The first-order valence-corrected chi connectivity index (χ1v) is 8.72. The van der Waals surface area contributed by atoms with Crippen LogP contribution in [0.15, 0.2) is 6.20 Å². The molecule has 0 bridgehead atoms. The number of hydrogen-bond acceptors (Lipinski definition) is 6. The fourth-order valence-electron chi connectivity index (χ4n) is 3.13. The Morgan fingerprint density at radius 1 is 1.45 bits per heavy atom. The van der Waals surface area contributed by atoms with E-state index in [2.05, 4.69) is 21.8 Å². The Bertz CT molecular complexity index is 561. The van der Waals surface area contributed by atoms with Crippen molar-refractivity contribution in [3.8, 4) is 6.19 Å². The van der Waals surface area contributed by atoms with Gasteiger partial charge in [0.25, 0.3) is 0 Å². The molecule has 7 heteroatoms. The second kappa shape index (κ2) is 7.07. The molecule has 6 nitrogen and oxygen atoms in total. The van der Waals surface area contributed by atoms with E-state index in [1.807, 2.05) is 6.20 Å². The number of thiazole rings is 1. The molecule has 1 saturated heterocycles. The van der Waals surface area contributed by atoms with E-state index in [1.165, 1.54) is 37.0 Å². The normalized spacial score (nSPS) is 23.0. The fraction of sp³-hybridized carbons (Fsp3) is 0.667. The van der Waals surface area contributed by atoms with Crippen molar-refractivity contribution < 1.29 is 4.79 Å². The third-order valence-corrected chi connectivity index (χ3v) is 5.47. The van der Waals surface area contributed by atoms with E-state index in [9.17, 15) is 4.79 Å². The van der Waals surface area contributed by atoms with Crippen molar-refractivity contribution in [3.63, 3.8) is 0 Å². The van der Waals surface area contributed by atoms with E-state index in [0.717, 1.165) is 0 Å². The number of anilines is 1. The molecule has 0 unspecified atom stereocenters. The molecule has 1 aliphatic heterocycles. The van der Waals surface area contributed by atoms with E-state index in [1.54, 1.807) is 16.2 Å². The van der Waals surface area contributed by atoms with Crippen molar-refractivity contribution in [1.82, 2.24) is 15.2 Å². The second-order valence-corrected chi connectivity index (χ2v) is 7.01. The van der Waals surface area contributed by atoms with Crippen LogP contribution in [-0.4, -0.2) is 41.5 Å². The Morgan fingerprint density at radius 3 is 3.05 bits per heavy atom. The number of nitrogens with one attached hydrogen (secondary N) is 2. The Kier molecular flexibility index (Phi) is 4.90. The van der Waals surface area contributed by atoms with Gasteiger partial charge in [0.2, 0.25) is 5.91 Å². The number of carbonyl (C=O) groups is 1. The zero-order valence-electron chi connectivity index (χ0n) is 12.5. The van der Waals surface area contributed by atoms with Gasteiger partial charge in [-0.25, -0.2) is 4.98 Å². The number of piperazine rings is 1. The van der Waals surface area contributed by atoms with Gasteiger partial charge < -0.3 is 15.5 Å². The minimum atomic E-state index is -0.351. The maximum atomic E-state index is 12.3. The molecule has 1 atom stereocenters. The van der Waals surface area contributed by atoms with Crippen molar-refractivity contribution in [2.24, 2.45) is 0 Å². The lowest BCUT2D eigenvalue weighted by Crippen LogP contribution is -2.54. The summed E-state index contributed by atoms with van der Waals surface area (Å²) in [5, 5.41) is 15.6. The topological polar surface area (TPSA) is 81.0 Å². The summed E-state index contributed by atoms with van der Waals surface area (Å²) in [6, 6.07) is -0.351. The van der Waals surface area contributed by atoms with E-state index in [0.29, 0.717) is 30.7 Å². The Hall–Kier alpha value is -1.65. The molecule has 0 spiro atoms. The van der Waals surface area contributed by atoms with Crippen LogP contribution in [0.1, 0.15) is 42.9 Å². The van der Waals surface area contributed by atoms with Crippen LogP contribution in [0.25, 0.3) is 0 Å². The molecule has 0 aromatic carbocycles. The van der Waals surface area contributed by atoms with Crippen LogP contribution >= 0.6 is 11.3 Å². The third kappa shape index (κ3) is 3.57. The molecule has 118 valence electrons. The van der Waals surface area contributed by atoms with Gasteiger partial charge in [0.1, 0.15) is 6.04 Å². The van der Waals surface area contributed by atoms with Crippen molar-refractivity contribution in [3.05, 3.63) is 11.1 Å². The van der Waals surface area contributed by atoms with Crippen LogP contribution in [0.2, 0.25) is 0 Å². The fourth-order valence-corrected chi connectivity index (χ4v) is 4.12. The highest BCUT2D eigenvalue weighted by Crippen LogP contribution is 2.36. The quantitative estimate of drug-likeness (QED) is 0.832. The van der Waals surface area contributed by atoms with Gasteiger partial charge in [-0.1, -0.05) is 19.3 Å². The predicted molar refractivity (Wildman–Crippen MR) is 85.5 cm³/mol. The molecule has 1 amide bonds. The van der Waals surface area contributed by atoms with Crippen molar-refractivity contribution in [2.75, 3.05) is 25.0 Å². The highest BCUT2D eigenvalue weighted by atomic mass is 32.1. The number of amides is 1. The summed E-state index contributed by atoms with van der Waals surface area (Å²) < 4.78 is 0. The summed E-state index contributed by atoms with van der Waals surface area (Å²) in [5.41, 5.74) is 0.